The van der Waals surface area contributed by atoms with Crippen molar-refractivity contribution < 1.29 is 9.59 Å². The summed E-state index contributed by atoms with van der Waals surface area (Å²) in [5.74, 6) is 0.0149. The van der Waals surface area contributed by atoms with Crippen LogP contribution in [0.15, 0.2) is 24.3 Å². The lowest BCUT2D eigenvalue weighted by Gasteiger charge is -2.34. The molecule has 2 rings (SSSR count). The highest BCUT2D eigenvalue weighted by Gasteiger charge is 2.23. The van der Waals surface area contributed by atoms with Crippen molar-refractivity contribution in [1.82, 2.24) is 9.80 Å². The van der Waals surface area contributed by atoms with E-state index in [9.17, 15) is 9.59 Å². The number of piperazine rings is 1. The van der Waals surface area contributed by atoms with E-state index in [2.05, 4.69) is 6.07 Å². The van der Waals surface area contributed by atoms with E-state index in [1.165, 1.54) is 0 Å². The molecular weight excluding hydrogens is 254 g/mol. The maximum Gasteiger partial charge on any atom is 0.253 e. The number of amides is 2. The first kappa shape index (κ1) is 14.1. The van der Waals surface area contributed by atoms with Gasteiger partial charge in [-0.3, -0.25) is 9.59 Å². The fourth-order valence-corrected chi connectivity index (χ4v) is 2.31. The zero-order valence-electron chi connectivity index (χ0n) is 11.5. The molecule has 2 amide bonds. The first-order valence-electron chi connectivity index (χ1n) is 6.62. The van der Waals surface area contributed by atoms with E-state index in [1.54, 1.807) is 34.9 Å². The minimum Gasteiger partial charge on any atom is -0.339 e. The first-order chi connectivity index (χ1) is 9.61. The number of carbonyl (C=O) groups excluding carboxylic acids is 2. The van der Waals surface area contributed by atoms with E-state index in [1.807, 2.05) is 6.07 Å². The van der Waals surface area contributed by atoms with Gasteiger partial charge in [-0.15, -0.1) is 0 Å². The predicted molar refractivity (Wildman–Crippen MR) is 73.9 cm³/mol. The smallest absolute Gasteiger partial charge is 0.253 e. The molecule has 0 bridgehead atoms. The van der Waals surface area contributed by atoms with E-state index < -0.39 is 0 Å². The first-order valence-corrected chi connectivity index (χ1v) is 6.62. The van der Waals surface area contributed by atoms with Gasteiger partial charge < -0.3 is 9.80 Å². The minimum atomic E-state index is -0.0343. The van der Waals surface area contributed by atoms with Crippen molar-refractivity contribution in [3.05, 3.63) is 35.4 Å². The van der Waals surface area contributed by atoms with E-state index in [4.69, 9.17) is 5.26 Å². The van der Waals surface area contributed by atoms with Gasteiger partial charge >= 0.3 is 0 Å². The zero-order valence-corrected chi connectivity index (χ0v) is 11.5. The Labute approximate surface area is 118 Å². The Hall–Kier alpha value is -2.35. The molecule has 1 fully saturated rings. The summed E-state index contributed by atoms with van der Waals surface area (Å²) < 4.78 is 0. The normalized spacial score (nSPS) is 14.8. The van der Waals surface area contributed by atoms with E-state index in [0.29, 0.717) is 38.2 Å². The monoisotopic (exact) mass is 271 g/mol. The summed E-state index contributed by atoms with van der Waals surface area (Å²) in [6, 6.07) is 9.25. The molecular formula is C15H17N3O2. The van der Waals surface area contributed by atoms with Crippen molar-refractivity contribution in [3.8, 4) is 6.07 Å². The second-order valence-electron chi connectivity index (χ2n) is 4.83. The Kier molecular flexibility index (Phi) is 4.36. The van der Waals surface area contributed by atoms with Gasteiger partial charge in [-0.1, -0.05) is 12.1 Å². The molecule has 1 heterocycles. The molecule has 1 aromatic carbocycles. The van der Waals surface area contributed by atoms with Crippen LogP contribution in [0.25, 0.3) is 0 Å². The molecule has 0 aliphatic carbocycles. The van der Waals surface area contributed by atoms with E-state index in [0.717, 1.165) is 5.56 Å². The molecule has 5 heteroatoms. The third-order valence-electron chi connectivity index (χ3n) is 3.47. The van der Waals surface area contributed by atoms with Crippen LogP contribution < -0.4 is 0 Å². The van der Waals surface area contributed by atoms with Crippen molar-refractivity contribution in [2.75, 3.05) is 26.2 Å². The highest BCUT2D eigenvalue weighted by atomic mass is 16.2. The third kappa shape index (κ3) is 3.15. The van der Waals surface area contributed by atoms with E-state index in [-0.39, 0.29) is 11.8 Å². The molecule has 0 atom stereocenters. The van der Waals surface area contributed by atoms with Crippen LogP contribution in [-0.4, -0.2) is 47.8 Å². The largest absolute Gasteiger partial charge is 0.339 e. The highest BCUT2D eigenvalue weighted by Crippen LogP contribution is 2.11. The molecule has 104 valence electrons. The maximum absolute atomic E-state index is 12.4. The van der Waals surface area contributed by atoms with Crippen LogP contribution in [0, 0.1) is 11.3 Å². The average molecular weight is 271 g/mol. The van der Waals surface area contributed by atoms with Crippen LogP contribution in [0.2, 0.25) is 0 Å². The van der Waals surface area contributed by atoms with Crippen molar-refractivity contribution >= 4 is 11.8 Å². The van der Waals surface area contributed by atoms with Crippen LogP contribution in [-0.2, 0) is 11.2 Å². The Morgan fingerprint density at radius 3 is 2.45 bits per heavy atom. The highest BCUT2D eigenvalue weighted by molar-refractivity contribution is 5.94. The molecule has 0 unspecified atom stereocenters. The standard InChI is InChI=1S/C15H17N3O2/c1-12(19)17-7-9-18(10-8-17)15(20)14-4-2-3-13(11-14)5-6-16/h2-4,11H,5,7-10H2,1H3. The number of carbonyl (C=O) groups is 2. The average Bonchev–Trinajstić information content (AvgIpc) is 2.47. The summed E-state index contributed by atoms with van der Waals surface area (Å²) in [6.45, 7) is 3.82. The second kappa shape index (κ2) is 6.20. The Balaban J connectivity index is 2.04. The van der Waals surface area contributed by atoms with Crippen molar-refractivity contribution in [2.24, 2.45) is 0 Å². The summed E-state index contributed by atoms with van der Waals surface area (Å²) in [4.78, 5) is 27.1. The van der Waals surface area contributed by atoms with Crippen LogP contribution >= 0.6 is 0 Å². The molecule has 0 saturated carbocycles. The molecule has 1 aromatic rings. The summed E-state index contributed by atoms with van der Waals surface area (Å²) in [6.07, 6.45) is 0.305. The molecule has 0 radical (unpaired) electrons. The van der Waals surface area contributed by atoms with Crippen molar-refractivity contribution in [1.29, 1.82) is 5.26 Å². The molecule has 0 aromatic heterocycles. The fourth-order valence-electron chi connectivity index (χ4n) is 2.31. The van der Waals surface area contributed by atoms with Gasteiger partial charge in [-0.25, -0.2) is 0 Å². The Morgan fingerprint density at radius 2 is 1.85 bits per heavy atom. The molecule has 1 saturated heterocycles. The van der Waals surface area contributed by atoms with Crippen molar-refractivity contribution in [2.45, 2.75) is 13.3 Å². The van der Waals surface area contributed by atoms with E-state index >= 15 is 0 Å². The third-order valence-corrected chi connectivity index (χ3v) is 3.47. The number of hydrogen-bond donors (Lipinski definition) is 0. The van der Waals surface area contributed by atoms with Gasteiger partial charge in [0.05, 0.1) is 12.5 Å². The SMILES string of the molecule is CC(=O)N1CCN(C(=O)c2cccc(CC#N)c2)CC1. The van der Waals surface area contributed by atoms with Gasteiger partial charge in [0, 0.05) is 38.7 Å². The van der Waals surface area contributed by atoms with Gasteiger partial charge in [0.15, 0.2) is 0 Å². The summed E-state index contributed by atoms with van der Waals surface area (Å²) in [7, 11) is 0. The lowest BCUT2D eigenvalue weighted by molar-refractivity contribution is -0.130. The molecule has 1 aliphatic rings. The molecule has 0 spiro atoms. The number of rotatable bonds is 2. The van der Waals surface area contributed by atoms with Crippen molar-refractivity contribution in [3.63, 3.8) is 0 Å². The van der Waals surface area contributed by atoms with Gasteiger partial charge in [0.1, 0.15) is 0 Å². The lowest BCUT2D eigenvalue weighted by atomic mass is 10.1. The molecule has 5 nitrogen and oxygen atoms in total. The fraction of sp³-hybridized carbons (Fsp3) is 0.400. The summed E-state index contributed by atoms with van der Waals surface area (Å²) in [5, 5.41) is 8.70. The van der Waals surface area contributed by atoms with Crippen LogP contribution in [0.1, 0.15) is 22.8 Å². The number of nitriles is 1. The zero-order chi connectivity index (χ0) is 14.5. The predicted octanol–water partition coefficient (Wildman–Crippen LogP) is 1.06. The molecule has 1 aliphatic heterocycles. The Bertz CT molecular complexity index is 554. The lowest BCUT2D eigenvalue weighted by Crippen LogP contribution is -2.50. The molecule has 20 heavy (non-hydrogen) atoms. The minimum absolute atomic E-state index is 0.0343. The molecule has 0 N–H and O–H groups in total. The van der Waals surface area contributed by atoms with Gasteiger partial charge in [0.25, 0.3) is 5.91 Å². The second-order valence-corrected chi connectivity index (χ2v) is 4.83. The summed E-state index contributed by atoms with van der Waals surface area (Å²) in [5.41, 5.74) is 1.45. The van der Waals surface area contributed by atoms with Crippen LogP contribution in [0.5, 0.6) is 0 Å². The Morgan fingerprint density at radius 1 is 1.20 bits per heavy atom. The topological polar surface area (TPSA) is 64.4 Å². The van der Waals surface area contributed by atoms with Gasteiger partial charge in [-0.2, -0.15) is 5.26 Å². The number of nitrogens with zero attached hydrogens (tertiary/aromatic N) is 3. The van der Waals surface area contributed by atoms with Crippen LogP contribution in [0.3, 0.4) is 0 Å². The quantitative estimate of drug-likeness (QED) is 0.808. The van der Waals surface area contributed by atoms with Gasteiger partial charge in [-0.05, 0) is 17.7 Å². The summed E-state index contributed by atoms with van der Waals surface area (Å²) >= 11 is 0. The number of hydrogen-bond acceptors (Lipinski definition) is 3. The van der Waals surface area contributed by atoms with Gasteiger partial charge in [0.2, 0.25) is 5.91 Å². The maximum atomic E-state index is 12.4. The van der Waals surface area contributed by atoms with Crippen LogP contribution in [0.4, 0.5) is 0 Å². The number of benzene rings is 1.